The topological polar surface area (TPSA) is 72.7 Å². The summed E-state index contributed by atoms with van der Waals surface area (Å²) < 4.78 is 0. The minimum Gasteiger partial charge on any atom is -0.291 e. The van der Waals surface area contributed by atoms with Crippen LogP contribution in [0.1, 0.15) is 13.8 Å². The first kappa shape index (κ1) is 10.9. The van der Waals surface area contributed by atoms with Crippen LogP contribution in [0.15, 0.2) is 0 Å². The molecule has 0 aliphatic rings. The molecule has 1 amide bonds. The third-order valence-corrected chi connectivity index (χ3v) is 2.35. The second-order valence-corrected chi connectivity index (χ2v) is 3.84. The summed E-state index contributed by atoms with van der Waals surface area (Å²) in [4.78, 5) is 12.8. The molecule has 1 aromatic rings. The first-order valence-corrected chi connectivity index (χ1v) is 4.60. The van der Waals surface area contributed by atoms with E-state index < -0.39 is 5.41 Å². The number of carbonyl (C=O) groups excluding carboxylic acids is 1. The fourth-order valence-electron chi connectivity index (χ4n) is 0.666. The molecule has 14 heavy (non-hydrogen) atoms. The number of aryl methyl sites for hydroxylation is 1. The van der Waals surface area contributed by atoms with Gasteiger partial charge in [0.1, 0.15) is 0 Å². The highest BCUT2D eigenvalue weighted by Gasteiger charge is 2.27. The van der Waals surface area contributed by atoms with Gasteiger partial charge in [0.15, 0.2) is 0 Å². The van der Waals surface area contributed by atoms with Crippen molar-refractivity contribution < 1.29 is 4.79 Å². The van der Waals surface area contributed by atoms with Crippen molar-refractivity contribution in [2.24, 2.45) is 12.5 Å². The zero-order valence-electron chi connectivity index (χ0n) is 8.28. The average molecular weight is 218 g/mol. The zero-order valence-corrected chi connectivity index (χ0v) is 9.04. The van der Waals surface area contributed by atoms with Gasteiger partial charge < -0.3 is 0 Å². The smallest absolute Gasteiger partial charge is 0.270 e. The van der Waals surface area contributed by atoms with Crippen LogP contribution in [0.3, 0.4) is 0 Å². The lowest BCUT2D eigenvalue weighted by molar-refractivity contribution is -0.123. The van der Waals surface area contributed by atoms with Crippen molar-refractivity contribution in [2.75, 3.05) is 11.2 Å². The average Bonchev–Trinajstić information content (AvgIpc) is 2.51. The highest BCUT2D eigenvalue weighted by atomic mass is 35.5. The van der Waals surface area contributed by atoms with Gasteiger partial charge in [-0.05, 0) is 19.1 Å². The van der Waals surface area contributed by atoms with Crippen molar-refractivity contribution in [2.45, 2.75) is 13.8 Å². The zero-order chi connectivity index (χ0) is 10.8. The van der Waals surface area contributed by atoms with Crippen molar-refractivity contribution in [3.63, 3.8) is 0 Å². The normalized spacial score (nSPS) is 11.4. The molecular weight excluding hydrogens is 206 g/mol. The molecule has 0 bridgehead atoms. The molecule has 7 heteroatoms. The molecule has 6 nitrogen and oxygen atoms in total. The van der Waals surface area contributed by atoms with Gasteiger partial charge >= 0.3 is 0 Å². The summed E-state index contributed by atoms with van der Waals surface area (Å²) in [7, 11) is 1.62. The van der Waals surface area contributed by atoms with Gasteiger partial charge in [-0.2, -0.15) is 4.80 Å². The SMILES string of the molecule is Cn1nnc(NC(=O)C(C)(C)CCl)n1. The van der Waals surface area contributed by atoms with Gasteiger partial charge in [-0.1, -0.05) is 5.10 Å². The Kier molecular flexibility index (Phi) is 3.05. The number of aromatic nitrogens is 4. The number of nitrogens with one attached hydrogen (secondary N) is 1. The third kappa shape index (κ3) is 2.41. The van der Waals surface area contributed by atoms with Gasteiger partial charge in [0.25, 0.3) is 5.95 Å². The second kappa shape index (κ2) is 3.91. The van der Waals surface area contributed by atoms with E-state index in [1.165, 1.54) is 4.80 Å². The summed E-state index contributed by atoms with van der Waals surface area (Å²) in [5, 5.41) is 13.6. The Morgan fingerprint density at radius 3 is 2.71 bits per heavy atom. The van der Waals surface area contributed by atoms with Gasteiger partial charge in [0.05, 0.1) is 12.5 Å². The highest BCUT2D eigenvalue weighted by molar-refractivity contribution is 6.20. The van der Waals surface area contributed by atoms with E-state index in [1.54, 1.807) is 20.9 Å². The molecule has 0 fully saturated rings. The molecule has 1 rings (SSSR count). The van der Waals surface area contributed by atoms with E-state index in [0.717, 1.165) is 0 Å². The lowest BCUT2D eigenvalue weighted by Gasteiger charge is -2.18. The minimum absolute atomic E-state index is 0.190. The molecule has 0 aromatic carbocycles. The van der Waals surface area contributed by atoms with Crippen LogP contribution in [-0.4, -0.2) is 32.0 Å². The Bertz CT molecular complexity index is 335. The first-order valence-electron chi connectivity index (χ1n) is 4.07. The molecule has 1 heterocycles. The summed E-state index contributed by atoms with van der Waals surface area (Å²) >= 11 is 5.64. The van der Waals surface area contributed by atoms with E-state index in [1.807, 2.05) is 0 Å². The van der Waals surface area contributed by atoms with Crippen LogP contribution in [0, 0.1) is 5.41 Å². The van der Waals surface area contributed by atoms with Crippen LogP contribution in [-0.2, 0) is 11.8 Å². The van der Waals surface area contributed by atoms with Crippen molar-refractivity contribution in [1.82, 2.24) is 20.2 Å². The molecule has 0 spiro atoms. The van der Waals surface area contributed by atoms with Crippen molar-refractivity contribution >= 4 is 23.5 Å². The molecule has 0 atom stereocenters. The third-order valence-electron chi connectivity index (χ3n) is 1.68. The minimum atomic E-state index is -0.638. The lowest BCUT2D eigenvalue weighted by Crippen LogP contribution is -2.32. The molecule has 0 saturated heterocycles. The monoisotopic (exact) mass is 217 g/mol. The number of hydrogen-bond acceptors (Lipinski definition) is 4. The maximum absolute atomic E-state index is 11.6. The van der Waals surface area contributed by atoms with Gasteiger partial charge in [-0.25, -0.2) is 0 Å². The lowest BCUT2D eigenvalue weighted by atomic mass is 9.95. The number of halogens is 1. The Hall–Kier alpha value is -1.17. The number of anilines is 1. The van der Waals surface area contributed by atoms with Gasteiger partial charge in [-0.15, -0.1) is 16.7 Å². The van der Waals surface area contributed by atoms with Crippen LogP contribution in [0.2, 0.25) is 0 Å². The molecule has 0 aliphatic heterocycles. The molecule has 0 aliphatic carbocycles. The second-order valence-electron chi connectivity index (χ2n) is 3.57. The van der Waals surface area contributed by atoms with Crippen molar-refractivity contribution in [1.29, 1.82) is 0 Å². The van der Waals surface area contributed by atoms with Crippen LogP contribution in [0.4, 0.5) is 5.95 Å². The number of rotatable bonds is 3. The number of carbonyl (C=O) groups is 1. The van der Waals surface area contributed by atoms with Crippen molar-refractivity contribution in [3.8, 4) is 0 Å². The van der Waals surface area contributed by atoms with E-state index >= 15 is 0 Å². The molecule has 78 valence electrons. The number of nitrogens with zero attached hydrogens (tertiary/aromatic N) is 4. The Morgan fingerprint density at radius 2 is 2.29 bits per heavy atom. The molecule has 1 aromatic heterocycles. The fraction of sp³-hybridized carbons (Fsp3) is 0.714. The summed E-state index contributed by atoms with van der Waals surface area (Å²) in [5.74, 6) is 0.204. The maximum atomic E-state index is 11.6. The molecule has 1 N–H and O–H groups in total. The number of amides is 1. The number of tetrazole rings is 1. The Morgan fingerprint density at radius 1 is 1.64 bits per heavy atom. The highest BCUT2D eigenvalue weighted by Crippen LogP contribution is 2.18. The summed E-state index contributed by atoms with van der Waals surface area (Å²) in [6, 6.07) is 0. The first-order chi connectivity index (χ1) is 6.45. The predicted molar refractivity (Wildman–Crippen MR) is 51.9 cm³/mol. The summed E-state index contributed by atoms with van der Waals surface area (Å²) in [5.41, 5.74) is -0.638. The van der Waals surface area contributed by atoms with E-state index in [2.05, 4.69) is 20.7 Å². The van der Waals surface area contributed by atoms with Gasteiger partial charge in [0.2, 0.25) is 5.91 Å². The molecule has 0 unspecified atom stereocenters. The predicted octanol–water partition coefficient (Wildman–Crippen LogP) is 0.414. The fourth-order valence-corrected chi connectivity index (χ4v) is 0.787. The largest absolute Gasteiger partial charge is 0.291 e. The van der Waals surface area contributed by atoms with Crippen molar-refractivity contribution in [3.05, 3.63) is 0 Å². The quantitative estimate of drug-likeness (QED) is 0.745. The number of alkyl halides is 1. The molecule has 0 saturated carbocycles. The Balaban J connectivity index is 2.66. The summed E-state index contributed by atoms with van der Waals surface area (Å²) in [6.07, 6.45) is 0. The molecular formula is C7H12ClN5O. The van der Waals surface area contributed by atoms with Crippen LogP contribution < -0.4 is 5.32 Å². The summed E-state index contributed by atoms with van der Waals surface area (Å²) in [6.45, 7) is 3.48. The Labute approximate surface area is 86.6 Å². The van der Waals surface area contributed by atoms with Crippen LogP contribution in [0.5, 0.6) is 0 Å². The van der Waals surface area contributed by atoms with E-state index in [9.17, 15) is 4.79 Å². The van der Waals surface area contributed by atoms with E-state index in [-0.39, 0.29) is 17.7 Å². The van der Waals surface area contributed by atoms with Crippen LogP contribution >= 0.6 is 11.6 Å². The van der Waals surface area contributed by atoms with Crippen LogP contribution in [0.25, 0.3) is 0 Å². The van der Waals surface area contributed by atoms with E-state index in [0.29, 0.717) is 0 Å². The number of hydrogen-bond donors (Lipinski definition) is 1. The van der Waals surface area contributed by atoms with Gasteiger partial charge in [0, 0.05) is 5.88 Å². The maximum Gasteiger partial charge on any atom is 0.270 e. The standard InChI is InChI=1S/C7H12ClN5O/c1-7(2,4-8)5(14)9-6-10-12-13(3)11-6/h4H2,1-3H3,(H,9,11,14). The molecule has 0 radical (unpaired) electrons. The van der Waals surface area contributed by atoms with E-state index in [4.69, 9.17) is 11.6 Å². The van der Waals surface area contributed by atoms with Gasteiger partial charge in [-0.3, -0.25) is 10.1 Å².